The number of hydrogen-bond acceptors (Lipinski definition) is 3. The molecule has 1 aliphatic rings. The average molecular weight is 217 g/mol. The maximum Gasteiger partial charge on any atom is 0.125 e. The second kappa shape index (κ2) is 4.05. The predicted molar refractivity (Wildman–Crippen MR) is 60.5 cm³/mol. The number of benzene rings is 1. The van der Waals surface area contributed by atoms with Gasteiger partial charge in [0.1, 0.15) is 11.5 Å². The maximum absolute atomic E-state index is 9.07. The second-order valence-electron chi connectivity index (χ2n) is 4.25. The van der Waals surface area contributed by atoms with Crippen molar-refractivity contribution >= 4 is 0 Å². The molecule has 0 atom stereocenters. The Morgan fingerprint density at radius 2 is 2.06 bits per heavy atom. The van der Waals surface area contributed by atoms with Crippen LogP contribution in [0.1, 0.15) is 18.4 Å². The topological polar surface area (TPSA) is 42.2 Å². The lowest BCUT2D eigenvalue weighted by atomic mass is 9.97. The largest absolute Gasteiger partial charge is 0.497 e. The zero-order chi connectivity index (χ0) is 11.6. The summed E-state index contributed by atoms with van der Waals surface area (Å²) < 4.78 is 10.5. The molecule has 84 valence electrons. The third-order valence-corrected chi connectivity index (χ3v) is 3.11. The van der Waals surface area contributed by atoms with Crippen molar-refractivity contribution in [3.63, 3.8) is 0 Å². The van der Waals surface area contributed by atoms with E-state index in [0.717, 1.165) is 36.3 Å². The highest BCUT2D eigenvalue weighted by Crippen LogP contribution is 2.48. The normalized spacial score (nSPS) is 16.3. The highest BCUT2D eigenvalue weighted by atomic mass is 16.5. The predicted octanol–water partition coefficient (Wildman–Crippen LogP) is 2.55. The van der Waals surface area contributed by atoms with E-state index in [9.17, 15) is 0 Å². The van der Waals surface area contributed by atoms with E-state index in [1.165, 1.54) is 0 Å². The monoisotopic (exact) mass is 217 g/mol. The third kappa shape index (κ3) is 1.96. The summed E-state index contributed by atoms with van der Waals surface area (Å²) in [5.74, 6) is 1.59. The Morgan fingerprint density at radius 3 is 2.56 bits per heavy atom. The van der Waals surface area contributed by atoms with E-state index in [4.69, 9.17) is 14.7 Å². The molecule has 0 N–H and O–H groups in total. The van der Waals surface area contributed by atoms with Crippen molar-refractivity contribution in [2.75, 3.05) is 14.2 Å². The van der Waals surface area contributed by atoms with Gasteiger partial charge >= 0.3 is 0 Å². The Hall–Kier alpha value is -1.69. The molecule has 3 heteroatoms. The molecule has 1 aromatic rings. The SMILES string of the molecule is COc1ccc(CC2(C#N)CC2)c(OC)c1. The van der Waals surface area contributed by atoms with E-state index in [2.05, 4.69) is 6.07 Å². The quantitative estimate of drug-likeness (QED) is 0.778. The van der Waals surface area contributed by atoms with E-state index in [1.54, 1.807) is 14.2 Å². The van der Waals surface area contributed by atoms with Crippen molar-refractivity contribution in [1.29, 1.82) is 5.26 Å². The highest BCUT2D eigenvalue weighted by molar-refractivity contribution is 5.42. The number of nitriles is 1. The van der Waals surface area contributed by atoms with Gasteiger partial charge in [-0.15, -0.1) is 0 Å². The Bertz CT molecular complexity index is 430. The van der Waals surface area contributed by atoms with Gasteiger partial charge in [-0.3, -0.25) is 0 Å². The lowest BCUT2D eigenvalue weighted by Gasteiger charge is -2.12. The Morgan fingerprint density at radius 1 is 1.31 bits per heavy atom. The Kier molecular flexibility index (Phi) is 2.74. The van der Waals surface area contributed by atoms with Crippen molar-refractivity contribution in [1.82, 2.24) is 0 Å². The van der Waals surface area contributed by atoms with Crippen LogP contribution in [-0.4, -0.2) is 14.2 Å². The highest BCUT2D eigenvalue weighted by Gasteiger charge is 2.43. The van der Waals surface area contributed by atoms with Crippen LogP contribution >= 0.6 is 0 Å². The van der Waals surface area contributed by atoms with E-state index in [1.807, 2.05) is 18.2 Å². The first kappa shape index (κ1) is 10.8. The minimum atomic E-state index is -0.137. The molecule has 0 amide bonds. The molecule has 0 radical (unpaired) electrons. The molecule has 0 aromatic heterocycles. The fourth-order valence-corrected chi connectivity index (χ4v) is 1.84. The minimum absolute atomic E-state index is 0.137. The van der Waals surface area contributed by atoms with Crippen molar-refractivity contribution < 1.29 is 9.47 Å². The smallest absolute Gasteiger partial charge is 0.125 e. The molecule has 1 aliphatic carbocycles. The van der Waals surface area contributed by atoms with Gasteiger partial charge in [-0.1, -0.05) is 6.07 Å². The third-order valence-electron chi connectivity index (χ3n) is 3.11. The van der Waals surface area contributed by atoms with Gasteiger partial charge in [-0.25, -0.2) is 0 Å². The zero-order valence-electron chi connectivity index (χ0n) is 9.62. The molecule has 0 heterocycles. The molecule has 2 rings (SSSR count). The van der Waals surface area contributed by atoms with E-state index >= 15 is 0 Å². The van der Waals surface area contributed by atoms with Gasteiger partial charge in [0, 0.05) is 6.07 Å². The number of hydrogen-bond donors (Lipinski definition) is 0. The minimum Gasteiger partial charge on any atom is -0.497 e. The van der Waals surface area contributed by atoms with Gasteiger partial charge in [0.2, 0.25) is 0 Å². The van der Waals surface area contributed by atoms with Crippen LogP contribution in [0.2, 0.25) is 0 Å². The maximum atomic E-state index is 9.07. The van der Waals surface area contributed by atoms with Crippen LogP contribution in [0.15, 0.2) is 18.2 Å². The first-order valence-electron chi connectivity index (χ1n) is 5.35. The molecule has 0 saturated heterocycles. The summed E-state index contributed by atoms with van der Waals surface area (Å²) in [5.41, 5.74) is 0.948. The summed E-state index contributed by atoms with van der Waals surface area (Å²) in [4.78, 5) is 0. The lowest BCUT2D eigenvalue weighted by molar-refractivity contribution is 0.389. The molecular formula is C13H15NO2. The molecule has 0 bridgehead atoms. The van der Waals surface area contributed by atoms with Crippen molar-refractivity contribution in [3.05, 3.63) is 23.8 Å². The molecule has 0 spiro atoms. The van der Waals surface area contributed by atoms with Crippen LogP contribution in [0, 0.1) is 16.7 Å². The van der Waals surface area contributed by atoms with E-state index < -0.39 is 0 Å². The molecule has 1 saturated carbocycles. The fraction of sp³-hybridized carbons (Fsp3) is 0.462. The molecule has 0 unspecified atom stereocenters. The zero-order valence-corrected chi connectivity index (χ0v) is 9.62. The number of methoxy groups -OCH3 is 2. The van der Waals surface area contributed by atoms with Crippen LogP contribution in [0.3, 0.4) is 0 Å². The van der Waals surface area contributed by atoms with Gasteiger partial charge in [-0.2, -0.15) is 5.26 Å². The molecule has 1 fully saturated rings. The molecule has 1 aromatic carbocycles. The summed E-state index contributed by atoms with van der Waals surface area (Å²) in [5, 5.41) is 9.07. The summed E-state index contributed by atoms with van der Waals surface area (Å²) in [7, 11) is 3.27. The van der Waals surface area contributed by atoms with Crippen LogP contribution in [0.5, 0.6) is 11.5 Å². The summed E-state index contributed by atoms with van der Waals surface area (Å²) >= 11 is 0. The summed E-state index contributed by atoms with van der Waals surface area (Å²) in [6.07, 6.45) is 2.77. The van der Waals surface area contributed by atoms with Crippen LogP contribution in [-0.2, 0) is 6.42 Å². The number of ether oxygens (including phenoxy) is 2. The number of rotatable bonds is 4. The van der Waals surface area contributed by atoms with Crippen molar-refractivity contribution in [2.45, 2.75) is 19.3 Å². The molecule has 0 aliphatic heterocycles. The van der Waals surface area contributed by atoms with Gasteiger partial charge < -0.3 is 9.47 Å². The lowest BCUT2D eigenvalue weighted by Crippen LogP contribution is -2.03. The Labute approximate surface area is 95.6 Å². The van der Waals surface area contributed by atoms with Crippen molar-refractivity contribution in [3.8, 4) is 17.6 Å². The molecule has 3 nitrogen and oxygen atoms in total. The fourth-order valence-electron chi connectivity index (χ4n) is 1.84. The molecule has 16 heavy (non-hydrogen) atoms. The van der Waals surface area contributed by atoms with Gasteiger partial charge in [0.25, 0.3) is 0 Å². The van der Waals surface area contributed by atoms with Crippen LogP contribution < -0.4 is 9.47 Å². The van der Waals surface area contributed by atoms with Gasteiger partial charge in [0.05, 0.1) is 25.7 Å². The van der Waals surface area contributed by atoms with Crippen LogP contribution in [0.25, 0.3) is 0 Å². The van der Waals surface area contributed by atoms with E-state index in [-0.39, 0.29) is 5.41 Å². The van der Waals surface area contributed by atoms with Gasteiger partial charge in [0.15, 0.2) is 0 Å². The number of nitrogens with zero attached hydrogens (tertiary/aromatic N) is 1. The van der Waals surface area contributed by atoms with Crippen molar-refractivity contribution in [2.24, 2.45) is 5.41 Å². The second-order valence-corrected chi connectivity index (χ2v) is 4.25. The van der Waals surface area contributed by atoms with E-state index in [0.29, 0.717) is 0 Å². The first-order valence-corrected chi connectivity index (χ1v) is 5.35. The standard InChI is InChI=1S/C13H15NO2/c1-15-11-4-3-10(12(7-11)16-2)8-13(9-14)5-6-13/h3-4,7H,5-6,8H2,1-2H3. The summed E-state index contributed by atoms with van der Waals surface area (Å²) in [6.45, 7) is 0. The average Bonchev–Trinajstić information content (AvgIpc) is 3.10. The Balaban J connectivity index is 2.24. The molecular weight excluding hydrogens is 202 g/mol. The van der Waals surface area contributed by atoms with Crippen LogP contribution in [0.4, 0.5) is 0 Å². The summed E-state index contributed by atoms with van der Waals surface area (Å²) in [6, 6.07) is 8.15. The first-order chi connectivity index (χ1) is 7.73. The van der Waals surface area contributed by atoms with Gasteiger partial charge in [-0.05, 0) is 30.9 Å².